The number of carbonyl (C=O) groups is 2. The highest BCUT2D eigenvalue weighted by molar-refractivity contribution is 5.91. The second-order valence-electron chi connectivity index (χ2n) is 6.45. The van der Waals surface area contributed by atoms with Crippen molar-refractivity contribution in [2.24, 2.45) is 0 Å². The van der Waals surface area contributed by atoms with Crippen LogP contribution < -0.4 is 10.1 Å². The molecule has 1 atom stereocenters. The van der Waals surface area contributed by atoms with E-state index in [1.54, 1.807) is 48.2 Å². The van der Waals surface area contributed by atoms with Crippen molar-refractivity contribution in [3.8, 4) is 11.8 Å². The molecule has 1 aliphatic rings. The van der Waals surface area contributed by atoms with Crippen molar-refractivity contribution in [1.82, 2.24) is 10.2 Å². The van der Waals surface area contributed by atoms with Gasteiger partial charge in [-0.2, -0.15) is 5.26 Å². The molecule has 1 aromatic heterocycles. The first kappa shape index (κ1) is 18.5. The van der Waals surface area contributed by atoms with Crippen LogP contribution in [0.3, 0.4) is 0 Å². The Hall–Kier alpha value is -3.27. The molecular formula is C20H21N3O4. The molecule has 1 N–H and O–H groups in total. The van der Waals surface area contributed by atoms with Crippen LogP contribution in [0, 0.1) is 11.3 Å². The highest BCUT2D eigenvalue weighted by atomic mass is 16.5. The number of amides is 2. The third kappa shape index (κ3) is 4.67. The molecule has 0 radical (unpaired) electrons. The van der Waals surface area contributed by atoms with E-state index in [2.05, 4.69) is 5.32 Å². The zero-order chi connectivity index (χ0) is 19.2. The molecule has 140 valence electrons. The number of carbonyl (C=O) groups excluding carboxylic acids is 2. The molecule has 0 spiro atoms. The van der Waals surface area contributed by atoms with Crippen LogP contribution in [0.1, 0.15) is 35.9 Å². The molecule has 7 nitrogen and oxygen atoms in total. The molecule has 2 amide bonds. The molecule has 1 aliphatic heterocycles. The van der Waals surface area contributed by atoms with E-state index in [0.29, 0.717) is 43.0 Å². The van der Waals surface area contributed by atoms with E-state index in [0.717, 1.165) is 0 Å². The van der Waals surface area contributed by atoms with Gasteiger partial charge in [0.05, 0.1) is 17.9 Å². The highest BCUT2D eigenvalue weighted by Crippen LogP contribution is 2.16. The number of piperidine rings is 1. The number of nitrogens with zero attached hydrogens (tertiary/aromatic N) is 2. The Balaban J connectivity index is 1.45. The molecule has 0 aliphatic carbocycles. The third-order valence-electron chi connectivity index (χ3n) is 4.53. The van der Waals surface area contributed by atoms with Crippen LogP contribution in [0.5, 0.6) is 5.75 Å². The number of nitriles is 1. The lowest BCUT2D eigenvalue weighted by Crippen LogP contribution is -2.49. The van der Waals surface area contributed by atoms with Crippen LogP contribution in [0.25, 0.3) is 0 Å². The molecular weight excluding hydrogens is 346 g/mol. The number of benzene rings is 1. The zero-order valence-corrected chi connectivity index (χ0v) is 15.1. The molecule has 1 aromatic carbocycles. The number of rotatable bonds is 5. The van der Waals surface area contributed by atoms with E-state index in [4.69, 9.17) is 14.4 Å². The standard InChI is InChI=1S/C20H21N3O4/c1-14(27-17-6-4-15(13-21)5-7-17)19(24)22-16-8-10-23(11-9-16)20(25)18-3-2-12-26-18/h2-7,12,14,16H,8-11H2,1H3,(H,22,24). The Bertz CT molecular complexity index is 816. The monoisotopic (exact) mass is 367 g/mol. The van der Waals surface area contributed by atoms with Gasteiger partial charge in [0.2, 0.25) is 0 Å². The van der Waals surface area contributed by atoms with Crippen molar-refractivity contribution in [1.29, 1.82) is 5.26 Å². The van der Waals surface area contributed by atoms with Crippen molar-refractivity contribution in [2.75, 3.05) is 13.1 Å². The number of hydrogen-bond acceptors (Lipinski definition) is 5. The van der Waals surface area contributed by atoms with Gasteiger partial charge in [0.15, 0.2) is 11.9 Å². The maximum Gasteiger partial charge on any atom is 0.289 e. The van der Waals surface area contributed by atoms with E-state index < -0.39 is 6.10 Å². The van der Waals surface area contributed by atoms with Crippen LogP contribution in [0.4, 0.5) is 0 Å². The van der Waals surface area contributed by atoms with Crippen LogP contribution in [0.15, 0.2) is 47.1 Å². The summed E-state index contributed by atoms with van der Waals surface area (Å²) in [6.45, 7) is 2.81. The van der Waals surface area contributed by atoms with Crippen molar-refractivity contribution in [3.05, 3.63) is 54.0 Å². The van der Waals surface area contributed by atoms with Crippen molar-refractivity contribution >= 4 is 11.8 Å². The Kier molecular flexibility index (Phi) is 5.77. The minimum atomic E-state index is -0.652. The minimum Gasteiger partial charge on any atom is -0.481 e. The molecule has 1 unspecified atom stereocenters. The average molecular weight is 367 g/mol. The summed E-state index contributed by atoms with van der Waals surface area (Å²) in [6, 6.07) is 12.0. The lowest BCUT2D eigenvalue weighted by atomic mass is 10.0. The van der Waals surface area contributed by atoms with E-state index in [1.165, 1.54) is 6.26 Å². The van der Waals surface area contributed by atoms with E-state index in [-0.39, 0.29) is 17.9 Å². The zero-order valence-electron chi connectivity index (χ0n) is 15.1. The number of nitrogens with one attached hydrogen (secondary N) is 1. The van der Waals surface area contributed by atoms with Gasteiger partial charge in [-0.15, -0.1) is 0 Å². The molecule has 3 rings (SSSR count). The van der Waals surface area contributed by atoms with Crippen LogP contribution in [0.2, 0.25) is 0 Å². The highest BCUT2D eigenvalue weighted by Gasteiger charge is 2.27. The van der Waals surface area contributed by atoms with Crippen molar-refractivity contribution < 1.29 is 18.7 Å². The number of likely N-dealkylation sites (tertiary alicyclic amines) is 1. The maximum absolute atomic E-state index is 12.4. The Morgan fingerprint density at radius 1 is 1.26 bits per heavy atom. The second-order valence-corrected chi connectivity index (χ2v) is 6.45. The summed E-state index contributed by atoms with van der Waals surface area (Å²) >= 11 is 0. The smallest absolute Gasteiger partial charge is 0.289 e. The summed E-state index contributed by atoms with van der Waals surface area (Å²) in [4.78, 5) is 26.3. The largest absolute Gasteiger partial charge is 0.481 e. The van der Waals surface area contributed by atoms with Crippen LogP contribution in [-0.4, -0.2) is 41.9 Å². The summed E-state index contributed by atoms with van der Waals surface area (Å²) in [5, 5.41) is 11.8. The van der Waals surface area contributed by atoms with Gasteiger partial charge in [-0.25, -0.2) is 0 Å². The number of hydrogen-bond donors (Lipinski definition) is 1. The molecule has 1 saturated heterocycles. The van der Waals surface area contributed by atoms with E-state index >= 15 is 0 Å². The first-order valence-corrected chi connectivity index (χ1v) is 8.87. The minimum absolute atomic E-state index is 0.00478. The topological polar surface area (TPSA) is 95.6 Å². The lowest BCUT2D eigenvalue weighted by molar-refractivity contribution is -0.128. The molecule has 27 heavy (non-hydrogen) atoms. The first-order valence-electron chi connectivity index (χ1n) is 8.87. The van der Waals surface area contributed by atoms with Gasteiger partial charge < -0.3 is 19.4 Å². The van der Waals surface area contributed by atoms with Gasteiger partial charge in [0, 0.05) is 19.1 Å². The molecule has 2 aromatic rings. The summed E-state index contributed by atoms with van der Waals surface area (Å²) in [7, 11) is 0. The summed E-state index contributed by atoms with van der Waals surface area (Å²) in [6.07, 6.45) is 2.19. The summed E-state index contributed by atoms with van der Waals surface area (Å²) < 4.78 is 10.8. The van der Waals surface area contributed by atoms with Gasteiger partial charge in [0.25, 0.3) is 11.8 Å². The molecule has 1 fully saturated rings. The van der Waals surface area contributed by atoms with Gasteiger partial charge in [0.1, 0.15) is 5.75 Å². The normalized spacial score (nSPS) is 15.6. The fraction of sp³-hybridized carbons (Fsp3) is 0.350. The Morgan fingerprint density at radius 2 is 1.96 bits per heavy atom. The summed E-state index contributed by atoms with van der Waals surface area (Å²) in [5.41, 5.74) is 0.537. The fourth-order valence-electron chi connectivity index (χ4n) is 2.97. The van der Waals surface area contributed by atoms with E-state index in [1.807, 2.05) is 6.07 Å². The van der Waals surface area contributed by atoms with Gasteiger partial charge in [-0.3, -0.25) is 9.59 Å². The molecule has 0 bridgehead atoms. The SMILES string of the molecule is CC(Oc1ccc(C#N)cc1)C(=O)NC1CCN(C(=O)c2ccco2)CC1. The van der Waals surface area contributed by atoms with Crippen molar-refractivity contribution in [3.63, 3.8) is 0 Å². The van der Waals surface area contributed by atoms with Crippen LogP contribution in [-0.2, 0) is 4.79 Å². The number of ether oxygens (including phenoxy) is 1. The predicted molar refractivity (Wildman–Crippen MR) is 97.0 cm³/mol. The Labute approximate surface area is 157 Å². The van der Waals surface area contributed by atoms with Crippen LogP contribution >= 0.6 is 0 Å². The predicted octanol–water partition coefficient (Wildman–Crippen LogP) is 2.34. The molecule has 2 heterocycles. The van der Waals surface area contributed by atoms with Gasteiger partial charge >= 0.3 is 0 Å². The average Bonchev–Trinajstić information content (AvgIpc) is 3.23. The quantitative estimate of drug-likeness (QED) is 0.875. The van der Waals surface area contributed by atoms with Crippen molar-refractivity contribution in [2.45, 2.75) is 31.9 Å². The summed E-state index contributed by atoms with van der Waals surface area (Å²) in [5.74, 6) is 0.551. The maximum atomic E-state index is 12.4. The number of furan rings is 1. The Morgan fingerprint density at radius 3 is 2.56 bits per heavy atom. The first-order chi connectivity index (χ1) is 13.1. The lowest BCUT2D eigenvalue weighted by Gasteiger charge is -2.32. The van der Waals surface area contributed by atoms with E-state index in [9.17, 15) is 9.59 Å². The third-order valence-corrected chi connectivity index (χ3v) is 4.53. The molecule has 7 heteroatoms. The van der Waals surface area contributed by atoms with Gasteiger partial charge in [-0.05, 0) is 56.2 Å². The fourth-order valence-corrected chi connectivity index (χ4v) is 2.97. The van der Waals surface area contributed by atoms with Gasteiger partial charge in [-0.1, -0.05) is 0 Å². The second kappa shape index (κ2) is 8.41. The molecule has 0 saturated carbocycles.